The molecule has 26 heavy (non-hydrogen) atoms. The summed E-state index contributed by atoms with van der Waals surface area (Å²) in [6.07, 6.45) is 0. The van der Waals surface area contributed by atoms with Gasteiger partial charge in [-0.15, -0.1) is 0 Å². The molecule has 1 heterocycles. The van der Waals surface area contributed by atoms with Crippen molar-refractivity contribution >= 4 is 23.6 Å². The summed E-state index contributed by atoms with van der Waals surface area (Å²) in [7, 11) is 1.71. The normalized spacial score (nSPS) is 18.5. The molecule has 1 atom stereocenters. The minimum Gasteiger partial charge on any atom is -0.341 e. The summed E-state index contributed by atoms with van der Waals surface area (Å²) in [5.74, 6) is -1.39. The van der Waals surface area contributed by atoms with Crippen molar-refractivity contribution in [1.29, 1.82) is 10.5 Å². The van der Waals surface area contributed by atoms with E-state index in [2.05, 4.69) is 11.4 Å². The number of carbonyl (C=O) groups excluding carboxylic acids is 2. The third kappa shape index (κ3) is 4.07. The van der Waals surface area contributed by atoms with Crippen LogP contribution in [0.1, 0.15) is 19.4 Å². The maximum absolute atomic E-state index is 12.4. The minimum atomic E-state index is -0.932. The number of amides is 2. The molecule has 134 valence electrons. The molecule has 0 unspecified atom stereocenters. The Morgan fingerprint density at radius 3 is 2.54 bits per heavy atom. The number of benzene rings is 1. The van der Waals surface area contributed by atoms with E-state index in [-0.39, 0.29) is 11.7 Å². The number of hydrogen-bond donors (Lipinski definition) is 1. The molecule has 0 aliphatic carbocycles. The van der Waals surface area contributed by atoms with Crippen molar-refractivity contribution in [3.8, 4) is 12.1 Å². The fourth-order valence-electron chi connectivity index (χ4n) is 2.72. The average molecular weight is 368 g/mol. The molecule has 2 rings (SSSR count). The van der Waals surface area contributed by atoms with Gasteiger partial charge in [0.1, 0.15) is 5.92 Å². The fourth-order valence-corrected chi connectivity index (χ4v) is 3.84. The van der Waals surface area contributed by atoms with Crippen molar-refractivity contribution in [2.45, 2.75) is 20.4 Å². The number of carbonyl (C=O) groups is 2. The third-order valence-electron chi connectivity index (χ3n) is 4.36. The van der Waals surface area contributed by atoms with Crippen LogP contribution in [0.3, 0.4) is 0 Å². The fraction of sp³-hybridized carbons (Fsp3) is 0.368. The lowest BCUT2D eigenvalue weighted by Crippen LogP contribution is -2.44. The maximum Gasteiger partial charge on any atom is 0.243 e. The quantitative estimate of drug-likeness (QED) is 0.861. The topological polar surface area (TPSA) is 97.0 Å². The van der Waals surface area contributed by atoms with Gasteiger partial charge in [0.25, 0.3) is 0 Å². The molecule has 6 nitrogen and oxygen atoms in total. The minimum absolute atomic E-state index is 0.0947. The standard InChI is InChI=1S/C19H20N4O2S/c1-19(2)14(9-20)17(25)22-18(15(19)10-21)26-12-16(24)23(3)11-13-7-5-4-6-8-13/h4-8,14H,11-12H2,1-3H3,(H,22,25)/t14-/m1/s1. The molecule has 1 aliphatic rings. The Labute approximate surface area is 157 Å². The lowest BCUT2D eigenvalue weighted by Gasteiger charge is -2.34. The first kappa shape index (κ1) is 19.6. The molecule has 0 fully saturated rings. The molecule has 0 radical (unpaired) electrons. The van der Waals surface area contributed by atoms with Gasteiger partial charge in [0.15, 0.2) is 0 Å². The Bertz CT molecular complexity index is 818. The molecule has 0 bridgehead atoms. The molecule has 1 aromatic carbocycles. The first-order valence-electron chi connectivity index (χ1n) is 8.07. The molecule has 0 spiro atoms. The highest BCUT2D eigenvalue weighted by Gasteiger charge is 2.44. The van der Waals surface area contributed by atoms with Gasteiger partial charge in [-0.05, 0) is 5.56 Å². The van der Waals surface area contributed by atoms with Crippen LogP contribution in [0.4, 0.5) is 0 Å². The zero-order chi connectivity index (χ0) is 19.3. The Kier molecular flexibility index (Phi) is 6.07. The molecule has 7 heteroatoms. The van der Waals surface area contributed by atoms with E-state index in [1.807, 2.05) is 36.4 Å². The summed E-state index contributed by atoms with van der Waals surface area (Å²) >= 11 is 1.12. The Balaban J connectivity index is 2.09. The van der Waals surface area contributed by atoms with Crippen LogP contribution >= 0.6 is 11.8 Å². The van der Waals surface area contributed by atoms with Gasteiger partial charge in [-0.2, -0.15) is 10.5 Å². The van der Waals surface area contributed by atoms with Crippen LogP contribution in [0.5, 0.6) is 0 Å². The molecule has 0 saturated heterocycles. The summed E-state index contributed by atoms with van der Waals surface area (Å²) in [6.45, 7) is 3.88. The first-order chi connectivity index (χ1) is 12.3. The third-order valence-corrected chi connectivity index (χ3v) is 5.35. The van der Waals surface area contributed by atoms with Crippen molar-refractivity contribution < 1.29 is 9.59 Å². The molecule has 1 N–H and O–H groups in total. The number of allylic oxidation sites excluding steroid dienone is 1. The summed E-state index contributed by atoms with van der Waals surface area (Å²) < 4.78 is 0. The predicted octanol–water partition coefficient (Wildman–Crippen LogP) is 2.41. The lowest BCUT2D eigenvalue weighted by atomic mass is 9.72. The van der Waals surface area contributed by atoms with Crippen molar-refractivity contribution in [3.05, 3.63) is 46.5 Å². The van der Waals surface area contributed by atoms with E-state index in [1.165, 1.54) is 0 Å². The molecule has 0 saturated carbocycles. The van der Waals surface area contributed by atoms with E-state index in [0.29, 0.717) is 17.1 Å². The van der Waals surface area contributed by atoms with Gasteiger partial charge < -0.3 is 10.2 Å². The zero-order valence-corrected chi connectivity index (χ0v) is 15.8. The molecule has 0 aromatic heterocycles. The van der Waals surface area contributed by atoms with Crippen LogP contribution < -0.4 is 5.32 Å². The molecule has 1 aromatic rings. The van der Waals surface area contributed by atoms with Crippen molar-refractivity contribution in [2.24, 2.45) is 11.3 Å². The molecular weight excluding hydrogens is 348 g/mol. The van der Waals surface area contributed by atoms with Gasteiger partial charge in [-0.1, -0.05) is 55.9 Å². The van der Waals surface area contributed by atoms with Crippen LogP contribution in [0, 0.1) is 34.0 Å². The number of rotatable bonds is 5. The van der Waals surface area contributed by atoms with Crippen LogP contribution in [0.2, 0.25) is 0 Å². The van der Waals surface area contributed by atoms with E-state index in [4.69, 9.17) is 0 Å². The predicted molar refractivity (Wildman–Crippen MR) is 99.0 cm³/mol. The van der Waals surface area contributed by atoms with Gasteiger partial charge in [0.05, 0.1) is 28.5 Å². The Morgan fingerprint density at radius 2 is 1.96 bits per heavy atom. The van der Waals surface area contributed by atoms with Crippen LogP contribution in [0.15, 0.2) is 40.9 Å². The number of nitriles is 2. The highest BCUT2D eigenvalue weighted by Crippen LogP contribution is 2.41. The van der Waals surface area contributed by atoms with E-state index < -0.39 is 17.2 Å². The van der Waals surface area contributed by atoms with Gasteiger partial charge >= 0.3 is 0 Å². The van der Waals surface area contributed by atoms with E-state index >= 15 is 0 Å². The molecule has 2 amide bonds. The summed E-state index contributed by atoms with van der Waals surface area (Å²) in [6, 6.07) is 13.7. The SMILES string of the molecule is CN(Cc1ccccc1)C(=O)CSC1=C(C#N)C(C)(C)[C@H](C#N)C(=O)N1. The second kappa shape index (κ2) is 8.07. The highest BCUT2D eigenvalue weighted by atomic mass is 32.2. The average Bonchev–Trinajstić information content (AvgIpc) is 2.60. The van der Waals surface area contributed by atoms with Crippen LogP contribution in [0.25, 0.3) is 0 Å². The summed E-state index contributed by atoms with van der Waals surface area (Å²) in [5.41, 5.74) is 0.453. The first-order valence-corrected chi connectivity index (χ1v) is 9.05. The number of thioether (sulfide) groups is 1. The van der Waals surface area contributed by atoms with E-state index in [1.54, 1.807) is 25.8 Å². The van der Waals surface area contributed by atoms with Crippen LogP contribution in [-0.4, -0.2) is 29.5 Å². The smallest absolute Gasteiger partial charge is 0.243 e. The van der Waals surface area contributed by atoms with Crippen molar-refractivity contribution in [1.82, 2.24) is 10.2 Å². The largest absolute Gasteiger partial charge is 0.341 e. The van der Waals surface area contributed by atoms with Crippen molar-refractivity contribution in [2.75, 3.05) is 12.8 Å². The number of hydrogen-bond acceptors (Lipinski definition) is 5. The molecule has 1 aliphatic heterocycles. The Morgan fingerprint density at radius 1 is 1.31 bits per heavy atom. The van der Waals surface area contributed by atoms with Gasteiger partial charge in [-0.25, -0.2) is 0 Å². The second-order valence-corrected chi connectivity index (χ2v) is 7.60. The van der Waals surface area contributed by atoms with Crippen LogP contribution in [-0.2, 0) is 16.1 Å². The summed E-state index contributed by atoms with van der Waals surface area (Å²) in [4.78, 5) is 26.1. The lowest BCUT2D eigenvalue weighted by molar-refractivity contribution is -0.128. The van der Waals surface area contributed by atoms with E-state index in [0.717, 1.165) is 17.3 Å². The molecular formula is C19H20N4O2S. The maximum atomic E-state index is 12.4. The van der Waals surface area contributed by atoms with E-state index in [9.17, 15) is 20.1 Å². The van der Waals surface area contributed by atoms with Gasteiger partial charge in [0.2, 0.25) is 11.8 Å². The highest BCUT2D eigenvalue weighted by molar-refractivity contribution is 8.03. The van der Waals surface area contributed by atoms with Gasteiger partial charge in [0, 0.05) is 19.0 Å². The monoisotopic (exact) mass is 368 g/mol. The number of nitrogens with zero attached hydrogens (tertiary/aromatic N) is 3. The number of nitrogens with one attached hydrogen (secondary N) is 1. The second-order valence-electron chi connectivity index (χ2n) is 6.61. The summed E-state index contributed by atoms with van der Waals surface area (Å²) in [5, 5.41) is 21.7. The Hall–Kier alpha value is -2.77. The van der Waals surface area contributed by atoms with Crippen molar-refractivity contribution in [3.63, 3.8) is 0 Å². The zero-order valence-electron chi connectivity index (χ0n) is 14.9. The van der Waals surface area contributed by atoms with Gasteiger partial charge in [-0.3, -0.25) is 9.59 Å².